The summed E-state index contributed by atoms with van der Waals surface area (Å²) in [6.45, 7) is 1.26. The third kappa shape index (κ3) is 4.67. The molecule has 0 aliphatic heterocycles. The molecular weight excluding hydrogens is 345 g/mol. The summed E-state index contributed by atoms with van der Waals surface area (Å²) in [4.78, 5) is 11.7. The van der Waals surface area contributed by atoms with Crippen LogP contribution in [0.4, 0.5) is 0 Å². The van der Waals surface area contributed by atoms with Gasteiger partial charge < -0.3 is 9.46 Å². The quantitative estimate of drug-likeness (QED) is 0.457. The van der Waals surface area contributed by atoms with E-state index in [1.54, 1.807) is 12.1 Å². The molecule has 2 nitrogen and oxygen atoms in total. The van der Waals surface area contributed by atoms with Crippen molar-refractivity contribution in [3.05, 3.63) is 84.9 Å². The average Bonchev–Trinajstić information content (AvgIpc) is 2.57. The maximum Gasteiger partial charge on any atom is 1.00 e. The van der Waals surface area contributed by atoms with E-state index in [0.717, 1.165) is 5.30 Å². The van der Waals surface area contributed by atoms with Gasteiger partial charge in [0.15, 0.2) is 0 Å². The van der Waals surface area contributed by atoms with Gasteiger partial charge in [-0.1, -0.05) is 84.9 Å². The van der Waals surface area contributed by atoms with E-state index >= 15 is 0 Å². The molecule has 1 unspecified atom stereocenters. The van der Waals surface area contributed by atoms with Gasteiger partial charge in [-0.2, -0.15) is 0 Å². The van der Waals surface area contributed by atoms with Gasteiger partial charge in [-0.15, -0.1) is 0 Å². The summed E-state index contributed by atoms with van der Waals surface area (Å²) in [6.07, 6.45) is 0. The molecule has 0 saturated heterocycles. The van der Waals surface area contributed by atoms with Crippen LogP contribution in [0.15, 0.2) is 84.9 Å². The van der Waals surface area contributed by atoms with Gasteiger partial charge in [-0.25, -0.2) is 0 Å². The number of benzene rings is 3. The van der Waals surface area contributed by atoms with Crippen LogP contribution in [0.25, 0.3) is 0 Å². The van der Waals surface area contributed by atoms with Gasteiger partial charge in [0, 0.05) is 7.37 Å². The molecule has 116 valence electrons. The number of hydrogen-bond donors (Lipinski definition) is 0. The van der Waals surface area contributed by atoms with E-state index in [-0.39, 0.29) is 29.6 Å². The van der Waals surface area contributed by atoms with Crippen molar-refractivity contribution in [1.82, 2.24) is 0 Å². The first-order chi connectivity index (χ1) is 11.1. The molecule has 0 aliphatic rings. The first kappa shape index (κ1) is 19.6. The van der Waals surface area contributed by atoms with E-state index in [1.165, 1.54) is 17.3 Å². The second-order valence-corrected chi connectivity index (χ2v) is 9.80. The van der Waals surface area contributed by atoms with Crippen molar-refractivity contribution >= 4 is 36.5 Å². The van der Waals surface area contributed by atoms with E-state index in [0.29, 0.717) is 5.30 Å². The maximum absolute atomic E-state index is 11.7. The van der Waals surface area contributed by atoms with Crippen molar-refractivity contribution < 1.29 is 39.0 Å². The molecule has 0 bridgehead atoms. The summed E-state index contributed by atoms with van der Waals surface area (Å²) >= 11 is 0. The van der Waals surface area contributed by atoms with Crippen LogP contribution < -0.4 is 55.7 Å². The number of hydrogen-bond acceptors (Lipinski definition) is 2. The van der Waals surface area contributed by atoms with E-state index in [4.69, 9.17) is 0 Å². The van der Waals surface area contributed by atoms with Crippen LogP contribution in [0.2, 0.25) is 0 Å². The minimum absolute atomic E-state index is 0. The molecule has 24 heavy (non-hydrogen) atoms. The van der Waals surface area contributed by atoms with Crippen molar-refractivity contribution in [2.75, 3.05) is 6.66 Å². The van der Waals surface area contributed by atoms with Crippen LogP contribution in [-0.4, -0.2) is 6.66 Å². The second-order valence-electron chi connectivity index (χ2n) is 5.37. The molecule has 0 radical (unpaired) electrons. The third-order valence-corrected chi connectivity index (χ3v) is 7.29. The molecule has 3 aromatic carbocycles. The minimum atomic E-state index is -3.45. The smallest absolute Gasteiger partial charge is 0.796 e. The van der Waals surface area contributed by atoms with Crippen LogP contribution in [0.1, 0.15) is 0 Å². The molecule has 1 atom stereocenters. The Kier molecular flexibility index (Phi) is 7.01. The predicted octanol–water partition coefficient (Wildman–Crippen LogP) is -0.658. The maximum atomic E-state index is 11.7. The molecular formula is C19H17NaO2P2. The Labute approximate surface area is 166 Å². The first-order valence-electron chi connectivity index (χ1n) is 7.35. The molecule has 0 aromatic heterocycles. The summed E-state index contributed by atoms with van der Waals surface area (Å²) in [6, 6.07) is 28.0. The van der Waals surface area contributed by atoms with Gasteiger partial charge in [0.2, 0.25) is 0 Å². The van der Waals surface area contributed by atoms with Crippen LogP contribution in [0.3, 0.4) is 0 Å². The minimum Gasteiger partial charge on any atom is -0.796 e. The molecule has 0 heterocycles. The van der Waals surface area contributed by atoms with E-state index in [9.17, 15) is 9.46 Å². The largest absolute Gasteiger partial charge is 1.00 e. The zero-order chi connectivity index (χ0) is 16.3. The summed E-state index contributed by atoms with van der Waals surface area (Å²) in [5.41, 5.74) is 0. The molecule has 0 N–H and O–H groups in total. The zero-order valence-electron chi connectivity index (χ0n) is 13.8. The fourth-order valence-electron chi connectivity index (χ4n) is 2.47. The van der Waals surface area contributed by atoms with Gasteiger partial charge in [-0.3, -0.25) is 0 Å². The van der Waals surface area contributed by atoms with Gasteiger partial charge in [0.25, 0.3) is 0 Å². The zero-order valence-corrected chi connectivity index (χ0v) is 17.6. The second kappa shape index (κ2) is 8.59. The Morgan fingerprint density at radius 1 is 0.708 bits per heavy atom. The van der Waals surface area contributed by atoms with Gasteiger partial charge in [0.1, 0.15) is 0 Å². The molecule has 0 fully saturated rings. The van der Waals surface area contributed by atoms with Crippen LogP contribution in [0, 0.1) is 0 Å². The molecule has 0 amide bonds. The van der Waals surface area contributed by atoms with Crippen molar-refractivity contribution in [2.24, 2.45) is 0 Å². The molecule has 3 rings (SSSR count). The Bertz CT molecular complexity index is 776. The topological polar surface area (TPSA) is 40.1 Å². The molecule has 0 aliphatic carbocycles. The van der Waals surface area contributed by atoms with Crippen LogP contribution >= 0.6 is 15.3 Å². The summed E-state index contributed by atoms with van der Waals surface area (Å²) < 4.78 is 11.7. The van der Waals surface area contributed by atoms with Crippen LogP contribution in [0.5, 0.6) is 0 Å². The van der Waals surface area contributed by atoms with Crippen molar-refractivity contribution in [1.29, 1.82) is 0 Å². The average molecular weight is 362 g/mol. The molecule has 0 saturated carbocycles. The Hall–Kier alpha value is -0.720. The summed E-state index contributed by atoms with van der Waals surface area (Å²) in [7, 11) is -4.14. The van der Waals surface area contributed by atoms with Crippen LogP contribution in [-0.2, 0) is 4.57 Å². The van der Waals surface area contributed by atoms with Gasteiger partial charge in [0.05, 0.1) is 0 Å². The van der Waals surface area contributed by atoms with Crippen molar-refractivity contribution in [2.45, 2.75) is 0 Å². The number of rotatable bonds is 4. The van der Waals surface area contributed by atoms with Gasteiger partial charge in [-0.05, 0) is 35.8 Å². The van der Waals surface area contributed by atoms with Gasteiger partial charge >= 0.3 is 29.6 Å². The standard InChI is InChI=1S/C19H18O2P2.Na/c1-23(20,21)19-14-12-18(13-15-19)22(16-8-4-2-5-9-16)17-10-6-3-7-11-17;/h2-15H,1H3,(H,20,21);/q;+1/p-1. The van der Waals surface area contributed by atoms with E-state index in [1.807, 2.05) is 48.5 Å². The third-order valence-electron chi connectivity index (χ3n) is 3.61. The fourth-order valence-corrected chi connectivity index (χ4v) is 5.45. The van der Waals surface area contributed by atoms with E-state index < -0.39 is 15.3 Å². The van der Waals surface area contributed by atoms with Crippen molar-refractivity contribution in [3.63, 3.8) is 0 Å². The molecule has 5 heteroatoms. The Morgan fingerprint density at radius 2 is 1.08 bits per heavy atom. The fraction of sp³-hybridized carbons (Fsp3) is 0.0526. The summed E-state index contributed by atoms with van der Waals surface area (Å²) in [5, 5.41) is 4.04. The molecule has 0 spiro atoms. The normalized spacial score (nSPS) is 13.1. The predicted molar refractivity (Wildman–Crippen MR) is 98.3 cm³/mol. The summed E-state index contributed by atoms with van der Waals surface area (Å²) in [5.74, 6) is 0. The van der Waals surface area contributed by atoms with Crippen molar-refractivity contribution in [3.8, 4) is 0 Å². The molecule has 3 aromatic rings. The SMILES string of the molecule is CP(=O)([O-])c1ccc(P(c2ccccc2)c2ccccc2)cc1.[Na+]. The Morgan fingerprint density at radius 3 is 1.46 bits per heavy atom. The Balaban J connectivity index is 0.00000208. The monoisotopic (exact) mass is 362 g/mol. The van der Waals surface area contributed by atoms with E-state index in [2.05, 4.69) is 24.3 Å². The first-order valence-corrected chi connectivity index (χ1v) is 10.8.